The molecule has 6 nitrogen and oxygen atoms in total. The molecular weight excluding hydrogens is 408 g/mol. The second-order valence-electron chi connectivity index (χ2n) is 8.61. The van der Waals surface area contributed by atoms with Gasteiger partial charge in [-0.15, -0.1) is 10.2 Å². The molecule has 1 heterocycles. The number of nitrogens with one attached hydrogen (secondary N) is 1. The van der Waals surface area contributed by atoms with Crippen LogP contribution in [-0.4, -0.2) is 26.4 Å². The standard InChI is InChI=1S/C24H30N4O2S/c1-16-8-7-9-20(17(16)2)25-22(29)15-31-23-27-26-21(28(23)6)14-30-19-12-10-18(11-13-19)24(3,4)5/h7-13H,14-15H2,1-6H3,(H,25,29). The van der Waals surface area contributed by atoms with E-state index in [2.05, 4.69) is 48.4 Å². The molecule has 7 heteroatoms. The zero-order valence-electron chi connectivity index (χ0n) is 19.0. The van der Waals surface area contributed by atoms with Gasteiger partial charge < -0.3 is 14.6 Å². The van der Waals surface area contributed by atoms with Crippen LogP contribution in [0.1, 0.15) is 43.3 Å². The van der Waals surface area contributed by atoms with Crippen LogP contribution < -0.4 is 10.1 Å². The van der Waals surface area contributed by atoms with Gasteiger partial charge in [0.15, 0.2) is 11.0 Å². The number of hydrogen-bond acceptors (Lipinski definition) is 5. The van der Waals surface area contributed by atoms with Crippen molar-refractivity contribution in [2.24, 2.45) is 7.05 Å². The van der Waals surface area contributed by atoms with E-state index in [1.54, 1.807) is 0 Å². The molecule has 1 amide bonds. The van der Waals surface area contributed by atoms with Crippen LogP contribution in [0.15, 0.2) is 47.6 Å². The van der Waals surface area contributed by atoms with Crippen molar-refractivity contribution >= 4 is 23.4 Å². The van der Waals surface area contributed by atoms with E-state index in [4.69, 9.17) is 4.74 Å². The predicted octanol–water partition coefficient (Wildman–Crippen LogP) is 5.04. The van der Waals surface area contributed by atoms with Crippen molar-refractivity contribution in [1.29, 1.82) is 0 Å². The lowest BCUT2D eigenvalue weighted by Crippen LogP contribution is -2.15. The molecule has 31 heavy (non-hydrogen) atoms. The van der Waals surface area contributed by atoms with Crippen molar-refractivity contribution in [1.82, 2.24) is 14.8 Å². The van der Waals surface area contributed by atoms with Crippen LogP contribution in [0.2, 0.25) is 0 Å². The Balaban J connectivity index is 1.54. The van der Waals surface area contributed by atoms with Crippen molar-refractivity contribution in [3.05, 3.63) is 65.0 Å². The number of aromatic nitrogens is 3. The maximum atomic E-state index is 12.4. The topological polar surface area (TPSA) is 69.0 Å². The largest absolute Gasteiger partial charge is 0.486 e. The highest BCUT2D eigenvalue weighted by molar-refractivity contribution is 7.99. The van der Waals surface area contributed by atoms with Crippen LogP contribution in [0.25, 0.3) is 0 Å². The molecule has 164 valence electrons. The SMILES string of the molecule is Cc1cccc(NC(=O)CSc2nnc(COc3ccc(C(C)(C)C)cc3)n2C)c1C. The van der Waals surface area contributed by atoms with Crippen molar-refractivity contribution in [2.45, 2.75) is 51.8 Å². The molecule has 2 aromatic carbocycles. The minimum Gasteiger partial charge on any atom is -0.486 e. The fraction of sp³-hybridized carbons (Fsp3) is 0.375. The van der Waals surface area contributed by atoms with Gasteiger partial charge in [0.05, 0.1) is 5.75 Å². The average Bonchev–Trinajstić information content (AvgIpc) is 3.07. The summed E-state index contributed by atoms with van der Waals surface area (Å²) in [6.07, 6.45) is 0. The van der Waals surface area contributed by atoms with E-state index in [-0.39, 0.29) is 17.1 Å². The van der Waals surface area contributed by atoms with E-state index < -0.39 is 0 Å². The van der Waals surface area contributed by atoms with Crippen LogP contribution in [0, 0.1) is 13.8 Å². The molecule has 0 saturated carbocycles. The fourth-order valence-electron chi connectivity index (χ4n) is 3.00. The molecule has 0 unspecified atom stereocenters. The predicted molar refractivity (Wildman–Crippen MR) is 126 cm³/mol. The number of ether oxygens (including phenoxy) is 1. The van der Waals surface area contributed by atoms with E-state index >= 15 is 0 Å². The summed E-state index contributed by atoms with van der Waals surface area (Å²) in [5.41, 5.74) is 4.44. The molecule has 0 radical (unpaired) electrons. The Kier molecular flexibility index (Phi) is 7.05. The van der Waals surface area contributed by atoms with Crippen LogP contribution in [0.3, 0.4) is 0 Å². The van der Waals surface area contributed by atoms with E-state index in [9.17, 15) is 4.79 Å². The zero-order chi connectivity index (χ0) is 22.6. The van der Waals surface area contributed by atoms with Crippen molar-refractivity contribution in [3.63, 3.8) is 0 Å². The first kappa shape index (κ1) is 22.9. The number of carbonyl (C=O) groups is 1. The highest BCUT2D eigenvalue weighted by Gasteiger charge is 2.15. The van der Waals surface area contributed by atoms with E-state index in [1.165, 1.54) is 17.3 Å². The highest BCUT2D eigenvalue weighted by Crippen LogP contribution is 2.25. The van der Waals surface area contributed by atoms with Gasteiger partial charge in [-0.1, -0.05) is 56.8 Å². The second kappa shape index (κ2) is 9.56. The number of amides is 1. The Labute approximate surface area is 188 Å². The summed E-state index contributed by atoms with van der Waals surface area (Å²) in [4.78, 5) is 12.4. The third-order valence-corrected chi connectivity index (χ3v) is 6.24. The summed E-state index contributed by atoms with van der Waals surface area (Å²) in [5.74, 6) is 1.68. The van der Waals surface area contributed by atoms with Crippen LogP contribution >= 0.6 is 11.8 Å². The smallest absolute Gasteiger partial charge is 0.234 e. The van der Waals surface area contributed by atoms with Gasteiger partial charge in [0.2, 0.25) is 5.91 Å². The number of anilines is 1. The van der Waals surface area contributed by atoms with E-state index in [0.717, 1.165) is 22.6 Å². The maximum Gasteiger partial charge on any atom is 0.234 e. The third-order valence-electron chi connectivity index (χ3n) is 5.22. The Morgan fingerprint density at radius 2 is 1.81 bits per heavy atom. The Hall–Kier alpha value is -2.80. The summed E-state index contributed by atoms with van der Waals surface area (Å²) in [6, 6.07) is 14.0. The Bertz CT molecular complexity index is 1050. The van der Waals surface area contributed by atoms with Crippen molar-refractivity contribution in [3.8, 4) is 5.75 Å². The summed E-state index contributed by atoms with van der Waals surface area (Å²) < 4.78 is 7.73. The molecular formula is C24H30N4O2S. The average molecular weight is 439 g/mol. The molecule has 0 spiro atoms. The number of aryl methyl sites for hydroxylation is 1. The van der Waals surface area contributed by atoms with Crippen molar-refractivity contribution in [2.75, 3.05) is 11.1 Å². The number of thioether (sulfide) groups is 1. The zero-order valence-corrected chi connectivity index (χ0v) is 19.8. The lowest BCUT2D eigenvalue weighted by Gasteiger charge is -2.19. The van der Waals surface area contributed by atoms with Gasteiger partial charge >= 0.3 is 0 Å². The van der Waals surface area contributed by atoms with Gasteiger partial charge in [-0.05, 0) is 54.2 Å². The minimum absolute atomic E-state index is 0.0709. The number of rotatable bonds is 7. The summed E-state index contributed by atoms with van der Waals surface area (Å²) in [7, 11) is 1.88. The summed E-state index contributed by atoms with van der Waals surface area (Å²) in [6.45, 7) is 10.9. The Morgan fingerprint density at radius 1 is 1.10 bits per heavy atom. The Morgan fingerprint density at radius 3 is 2.48 bits per heavy atom. The van der Waals surface area contributed by atoms with E-state index in [0.29, 0.717) is 17.6 Å². The molecule has 0 aliphatic carbocycles. The summed E-state index contributed by atoms with van der Waals surface area (Å²) in [5, 5.41) is 12.1. The molecule has 0 aliphatic rings. The van der Waals surface area contributed by atoms with Gasteiger partial charge in [-0.3, -0.25) is 4.79 Å². The maximum absolute atomic E-state index is 12.4. The summed E-state index contributed by atoms with van der Waals surface area (Å²) >= 11 is 1.35. The van der Waals surface area contributed by atoms with Gasteiger partial charge in [-0.25, -0.2) is 0 Å². The molecule has 0 atom stereocenters. The number of hydrogen-bond donors (Lipinski definition) is 1. The molecule has 0 bridgehead atoms. The number of nitrogens with zero attached hydrogens (tertiary/aromatic N) is 3. The second-order valence-corrected chi connectivity index (χ2v) is 9.55. The third kappa shape index (κ3) is 5.88. The number of benzene rings is 2. The highest BCUT2D eigenvalue weighted by atomic mass is 32.2. The van der Waals surface area contributed by atoms with E-state index in [1.807, 2.05) is 55.8 Å². The number of carbonyl (C=O) groups excluding carboxylic acids is 1. The first-order valence-electron chi connectivity index (χ1n) is 10.3. The van der Waals surface area contributed by atoms with Crippen LogP contribution in [-0.2, 0) is 23.9 Å². The monoisotopic (exact) mass is 438 g/mol. The van der Waals surface area contributed by atoms with Crippen LogP contribution in [0.5, 0.6) is 5.75 Å². The van der Waals surface area contributed by atoms with Crippen molar-refractivity contribution < 1.29 is 9.53 Å². The van der Waals surface area contributed by atoms with Gasteiger partial charge in [-0.2, -0.15) is 0 Å². The molecule has 0 aliphatic heterocycles. The lowest BCUT2D eigenvalue weighted by molar-refractivity contribution is -0.113. The lowest BCUT2D eigenvalue weighted by atomic mass is 9.87. The normalized spacial score (nSPS) is 11.4. The molecule has 0 saturated heterocycles. The van der Waals surface area contributed by atoms with Gasteiger partial charge in [0.25, 0.3) is 0 Å². The van der Waals surface area contributed by atoms with Gasteiger partial charge in [0.1, 0.15) is 12.4 Å². The molecule has 1 N–H and O–H groups in total. The first-order chi connectivity index (χ1) is 14.6. The minimum atomic E-state index is -0.0709. The molecule has 3 aromatic rings. The van der Waals surface area contributed by atoms with Crippen LogP contribution in [0.4, 0.5) is 5.69 Å². The first-order valence-corrected chi connectivity index (χ1v) is 11.2. The quantitative estimate of drug-likeness (QED) is 0.524. The molecule has 3 rings (SSSR count). The van der Waals surface area contributed by atoms with Gasteiger partial charge in [0, 0.05) is 12.7 Å². The fourth-order valence-corrected chi connectivity index (χ4v) is 3.73. The molecule has 1 aromatic heterocycles. The molecule has 0 fully saturated rings.